The van der Waals surface area contributed by atoms with Crippen LogP contribution in [0, 0.1) is 23.7 Å². The van der Waals surface area contributed by atoms with E-state index in [2.05, 4.69) is 15.2 Å². The highest BCUT2D eigenvalue weighted by atomic mass is 32.2. The summed E-state index contributed by atoms with van der Waals surface area (Å²) in [7, 11) is -3.72. The van der Waals surface area contributed by atoms with Gasteiger partial charge in [-0.3, -0.25) is 15.6 Å². The summed E-state index contributed by atoms with van der Waals surface area (Å²) in [5.41, 5.74) is 9.23. The minimum absolute atomic E-state index is 0.0809. The summed E-state index contributed by atoms with van der Waals surface area (Å²) in [5.74, 6) is -0.461. The van der Waals surface area contributed by atoms with Gasteiger partial charge in [-0.15, -0.1) is 0 Å². The topological polar surface area (TPSA) is 144 Å². The van der Waals surface area contributed by atoms with E-state index < -0.39 is 15.9 Å². The average molecular weight is 356 g/mol. The number of aryl methyl sites for hydroxylation is 1. The second kappa shape index (κ2) is 7.46. The number of nitrogens with two attached hydrogens (primary N) is 1. The third kappa shape index (κ3) is 4.55. The summed E-state index contributed by atoms with van der Waals surface area (Å²) in [4.78, 5) is 0.0809. The molecule has 0 aliphatic carbocycles. The van der Waals surface area contributed by atoms with E-state index in [1.54, 1.807) is 18.2 Å². The standard InChI is InChI=1S/C16H16N6O2S/c1-11-4-2-3-5-14(11)22-25(23,24)13-8-6-12(7-9-13)20-21-15(10-17)16(18)19/h2-9,20,22H,1H3,(H3,18,19)/b21-15+. The van der Waals surface area contributed by atoms with Crippen LogP contribution in [0.1, 0.15) is 5.56 Å². The van der Waals surface area contributed by atoms with Gasteiger partial charge >= 0.3 is 0 Å². The van der Waals surface area contributed by atoms with Gasteiger partial charge in [-0.1, -0.05) is 18.2 Å². The molecule has 0 aliphatic heterocycles. The molecule has 0 unspecified atom stereocenters. The normalized spacial score (nSPS) is 11.4. The Kier molecular flexibility index (Phi) is 5.36. The number of hydrazone groups is 1. The Bertz CT molecular complexity index is 959. The van der Waals surface area contributed by atoms with E-state index >= 15 is 0 Å². The second-order valence-corrected chi connectivity index (χ2v) is 6.72. The lowest BCUT2D eigenvalue weighted by Crippen LogP contribution is -2.21. The molecule has 0 aliphatic rings. The van der Waals surface area contributed by atoms with Crippen LogP contribution in [0.2, 0.25) is 0 Å². The fourth-order valence-electron chi connectivity index (χ4n) is 1.87. The third-order valence-electron chi connectivity index (χ3n) is 3.21. The number of hydrogen-bond donors (Lipinski definition) is 4. The number of anilines is 2. The summed E-state index contributed by atoms with van der Waals surface area (Å²) >= 11 is 0. The molecule has 25 heavy (non-hydrogen) atoms. The fourth-order valence-corrected chi connectivity index (χ4v) is 3.00. The molecule has 0 saturated heterocycles. The van der Waals surface area contributed by atoms with Gasteiger partial charge in [-0.05, 0) is 42.8 Å². The summed E-state index contributed by atoms with van der Waals surface area (Å²) in [6, 6.07) is 14.5. The Morgan fingerprint density at radius 3 is 2.40 bits per heavy atom. The summed E-state index contributed by atoms with van der Waals surface area (Å²) < 4.78 is 27.4. The Hall–Kier alpha value is -3.38. The van der Waals surface area contributed by atoms with Crippen LogP contribution in [0.3, 0.4) is 0 Å². The average Bonchev–Trinajstić information content (AvgIpc) is 2.57. The molecule has 2 rings (SSSR count). The predicted octanol–water partition coefficient (Wildman–Crippen LogP) is 2.02. The van der Waals surface area contributed by atoms with Gasteiger partial charge in [-0.25, -0.2) is 8.42 Å². The van der Waals surface area contributed by atoms with Crippen molar-refractivity contribution < 1.29 is 8.42 Å². The number of nitrogens with zero attached hydrogens (tertiary/aromatic N) is 2. The number of nitriles is 1. The first-order valence-corrected chi connectivity index (χ1v) is 8.58. The number of hydrogen-bond acceptors (Lipinski definition) is 6. The van der Waals surface area contributed by atoms with Crippen LogP contribution in [0.4, 0.5) is 11.4 Å². The largest absolute Gasteiger partial charge is 0.382 e. The number of rotatable bonds is 6. The van der Waals surface area contributed by atoms with Crippen molar-refractivity contribution in [3.8, 4) is 6.07 Å². The van der Waals surface area contributed by atoms with Gasteiger partial charge in [0, 0.05) is 0 Å². The number of para-hydroxylation sites is 1. The molecular weight excluding hydrogens is 340 g/mol. The maximum absolute atomic E-state index is 12.4. The van der Waals surface area contributed by atoms with Crippen LogP contribution in [0.15, 0.2) is 58.5 Å². The number of sulfonamides is 1. The Morgan fingerprint density at radius 2 is 1.84 bits per heavy atom. The zero-order valence-corrected chi connectivity index (χ0v) is 14.1. The van der Waals surface area contributed by atoms with E-state index in [1.807, 2.05) is 19.1 Å². The highest BCUT2D eigenvalue weighted by Gasteiger charge is 2.15. The molecule has 0 radical (unpaired) electrons. The minimum Gasteiger partial charge on any atom is -0.382 e. The van der Waals surface area contributed by atoms with Gasteiger partial charge < -0.3 is 5.73 Å². The minimum atomic E-state index is -3.72. The van der Waals surface area contributed by atoms with E-state index in [0.29, 0.717) is 11.4 Å². The van der Waals surface area contributed by atoms with Crippen molar-refractivity contribution >= 4 is 32.9 Å². The molecule has 0 heterocycles. The Labute approximate surface area is 145 Å². The van der Waals surface area contributed by atoms with E-state index in [4.69, 9.17) is 16.4 Å². The lowest BCUT2D eigenvalue weighted by molar-refractivity contribution is 0.601. The van der Waals surface area contributed by atoms with Gasteiger partial charge in [0.1, 0.15) is 6.07 Å². The SMILES string of the molecule is Cc1ccccc1NS(=O)(=O)c1ccc(N/N=C(\C#N)C(=N)N)cc1. The second-order valence-electron chi connectivity index (χ2n) is 5.04. The van der Waals surface area contributed by atoms with E-state index in [9.17, 15) is 8.42 Å². The molecular formula is C16H16N6O2S. The molecule has 0 amide bonds. The molecule has 9 heteroatoms. The van der Waals surface area contributed by atoms with Gasteiger partial charge in [0.2, 0.25) is 5.71 Å². The van der Waals surface area contributed by atoms with Crippen LogP contribution in [0.5, 0.6) is 0 Å². The molecule has 5 N–H and O–H groups in total. The van der Waals surface area contributed by atoms with E-state index in [-0.39, 0.29) is 10.6 Å². The van der Waals surface area contributed by atoms with Crippen LogP contribution in [-0.4, -0.2) is 20.0 Å². The first-order chi connectivity index (χ1) is 11.8. The first kappa shape index (κ1) is 18.0. The van der Waals surface area contributed by atoms with Gasteiger partial charge in [0.25, 0.3) is 10.0 Å². The highest BCUT2D eigenvalue weighted by molar-refractivity contribution is 7.92. The molecule has 2 aromatic carbocycles. The third-order valence-corrected chi connectivity index (χ3v) is 4.59. The molecule has 0 atom stereocenters. The molecule has 0 spiro atoms. The van der Waals surface area contributed by atoms with Crippen LogP contribution in [0.25, 0.3) is 0 Å². The van der Waals surface area contributed by atoms with Crippen molar-refractivity contribution in [2.24, 2.45) is 10.8 Å². The van der Waals surface area contributed by atoms with E-state index in [1.165, 1.54) is 24.3 Å². The van der Waals surface area contributed by atoms with Gasteiger partial charge in [0.15, 0.2) is 5.84 Å². The van der Waals surface area contributed by atoms with Crippen molar-refractivity contribution in [2.45, 2.75) is 11.8 Å². The Balaban J connectivity index is 2.18. The molecule has 128 valence electrons. The smallest absolute Gasteiger partial charge is 0.261 e. The van der Waals surface area contributed by atoms with Crippen molar-refractivity contribution in [3.63, 3.8) is 0 Å². The zero-order valence-electron chi connectivity index (χ0n) is 13.3. The van der Waals surface area contributed by atoms with Crippen molar-refractivity contribution in [1.29, 1.82) is 10.7 Å². The van der Waals surface area contributed by atoms with Crippen molar-refractivity contribution in [2.75, 3.05) is 10.1 Å². The lowest BCUT2D eigenvalue weighted by atomic mass is 10.2. The molecule has 0 aromatic heterocycles. The fraction of sp³-hybridized carbons (Fsp3) is 0.0625. The molecule has 2 aromatic rings. The number of benzene rings is 2. The Morgan fingerprint density at radius 1 is 1.20 bits per heavy atom. The maximum atomic E-state index is 12.4. The monoisotopic (exact) mass is 356 g/mol. The first-order valence-electron chi connectivity index (χ1n) is 7.10. The van der Waals surface area contributed by atoms with Gasteiger partial charge in [-0.2, -0.15) is 10.4 Å². The number of amidine groups is 1. The molecule has 0 fully saturated rings. The van der Waals surface area contributed by atoms with Crippen LogP contribution in [-0.2, 0) is 10.0 Å². The van der Waals surface area contributed by atoms with Crippen LogP contribution < -0.4 is 15.9 Å². The van der Waals surface area contributed by atoms with Crippen molar-refractivity contribution in [3.05, 3.63) is 54.1 Å². The predicted molar refractivity (Wildman–Crippen MR) is 97.0 cm³/mol. The van der Waals surface area contributed by atoms with Gasteiger partial charge in [0.05, 0.1) is 16.3 Å². The quantitative estimate of drug-likeness (QED) is 0.355. The summed E-state index contributed by atoms with van der Waals surface area (Å²) in [6.45, 7) is 1.81. The highest BCUT2D eigenvalue weighted by Crippen LogP contribution is 2.20. The lowest BCUT2D eigenvalue weighted by Gasteiger charge is -2.10. The number of nitrogens with one attached hydrogen (secondary N) is 3. The maximum Gasteiger partial charge on any atom is 0.261 e. The van der Waals surface area contributed by atoms with Crippen molar-refractivity contribution in [1.82, 2.24) is 0 Å². The van der Waals surface area contributed by atoms with E-state index in [0.717, 1.165) is 5.56 Å². The molecule has 0 saturated carbocycles. The zero-order chi connectivity index (χ0) is 18.4. The summed E-state index contributed by atoms with van der Waals surface area (Å²) in [6.07, 6.45) is 0. The summed E-state index contributed by atoms with van der Waals surface area (Å²) in [5, 5.41) is 19.6. The molecule has 0 bridgehead atoms. The molecule has 8 nitrogen and oxygen atoms in total. The van der Waals surface area contributed by atoms with Crippen LogP contribution >= 0.6 is 0 Å².